The molecule has 4 heterocycles. The molecular formula is C23H29N5O2. The molecule has 1 saturated carbocycles. The smallest absolute Gasteiger partial charge is 0.230 e. The number of hydrogen-bond acceptors (Lipinski definition) is 6. The normalized spacial score (nSPS) is 29.6. The number of aliphatic hydroxyl groups excluding tert-OH is 1. The molecular weight excluding hydrogens is 378 g/mol. The van der Waals surface area contributed by atoms with Gasteiger partial charge in [-0.15, -0.1) is 0 Å². The first-order valence-corrected chi connectivity index (χ1v) is 11.1. The van der Waals surface area contributed by atoms with Crippen molar-refractivity contribution in [3.05, 3.63) is 37.1 Å². The lowest BCUT2D eigenvalue weighted by Gasteiger charge is -2.41. The Kier molecular flexibility index (Phi) is 5.15. The highest BCUT2D eigenvalue weighted by atomic mass is 16.3. The maximum Gasteiger partial charge on any atom is 0.230 e. The van der Waals surface area contributed by atoms with Gasteiger partial charge in [0.25, 0.3) is 0 Å². The van der Waals surface area contributed by atoms with Gasteiger partial charge in [0.2, 0.25) is 5.91 Å². The Morgan fingerprint density at radius 2 is 1.77 bits per heavy atom. The van der Waals surface area contributed by atoms with Crippen molar-refractivity contribution in [3.63, 3.8) is 0 Å². The van der Waals surface area contributed by atoms with Crippen LogP contribution in [0.4, 0.5) is 5.82 Å². The second-order valence-electron chi connectivity index (χ2n) is 9.05. The topological polar surface area (TPSA) is 82.5 Å². The molecule has 1 amide bonds. The van der Waals surface area contributed by atoms with Crippen LogP contribution in [0.1, 0.15) is 44.9 Å². The molecule has 0 bridgehead atoms. The molecule has 5 rings (SSSR count). The molecule has 7 heteroatoms. The van der Waals surface area contributed by atoms with E-state index in [1.807, 2.05) is 12.3 Å². The maximum atomic E-state index is 13.5. The van der Waals surface area contributed by atoms with Gasteiger partial charge >= 0.3 is 0 Å². The van der Waals surface area contributed by atoms with Crippen molar-refractivity contribution in [3.8, 4) is 11.1 Å². The summed E-state index contributed by atoms with van der Waals surface area (Å²) in [4.78, 5) is 30.7. The zero-order valence-corrected chi connectivity index (χ0v) is 17.3. The number of rotatable bonds is 3. The van der Waals surface area contributed by atoms with Crippen LogP contribution >= 0.6 is 0 Å². The van der Waals surface area contributed by atoms with Crippen LogP contribution in [0.3, 0.4) is 0 Å². The summed E-state index contributed by atoms with van der Waals surface area (Å²) in [5.41, 5.74) is 1.67. The van der Waals surface area contributed by atoms with E-state index in [1.54, 1.807) is 12.4 Å². The molecule has 0 unspecified atom stereocenters. The minimum absolute atomic E-state index is 0.186. The lowest BCUT2D eigenvalue weighted by Crippen LogP contribution is -2.50. The summed E-state index contributed by atoms with van der Waals surface area (Å²) < 4.78 is 0. The van der Waals surface area contributed by atoms with Crippen molar-refractivity contribution in [2.45, 2.75) is 57.1 Å². The molecule has 0 radical (unpaired) electrons. The number of carbonyl (C=O) groups is 1. The van der Waals surface area contributed by atoms with Gasteiger partial charge in [-0.3, -0.25) is 4.79 Å². The molecule has 1 aliphatic carbocycles. The third-order valence-electron chi connectivity index (χ3n) is 7.20. The number of aromatic nitrogens is 3. The van der Waals surface area contributed by atoms with Gasteiger partial charge in [0.1, 0.15) is 12.1 Å². The standard InChI is InChI=1S/C23H29N5O2/c29-20-5-3-19(4-6-20)28-11-9-23(22(28)30)8-1-10-27(15-23)21-7-2-17(14-26-21)18-12-24-16-25-13-18/h2,7,12-14,16,19-20,29H,1,3-6,8-11,15H2/t19?,20?,23-/m0/s1. The Labute approximate surface area is 177 Å². The largest absolute Gasteiger partial charge is 0.393 e. The van der Waals surface area contributed by atoms with Crippen LogP contribution in [0.25, 0.3) is 11.1 Å². The van der Waals surface area contributed by atoms with E-state index in [0.717, 1.165) is 81.5 Å². The van der Waals surface area contributed by atoms with E-state index in [0.29, 0.717) is 11.9 Å². The van der Waals surface area contributed by atoms with Gasteiger partial charge in [-0.05, 0) is 57.1 Å². The second-order valence-corrected chi connectivity index (χ2v) is 9.05. The van der Waals surface area contributed by atoms with Crippen LogP contribution in [0.5, 0.6) is 0 Å². The summed E-state index contributed by atoms with van der Waals surface area (Å²) in [6.45, 7) is 2.54. The minimum atomic E-state index is -0.276. The average Bonchev–Trinajstić information content (AvgIpc) is 3.10. The predicted octanol–water partition coefficient (Wildman–Crippen LogP) is 2.66. The first-order valence-electron chi connectivity index (χ1n) is 11.1. The van der Waals surface area contributed by atoms with Gasteiger partial charge in [-0.2, -0.15) is 0 Å². The Morgan fingerprint density at radius 1 is 0.967 bits per heavy atom. The Bertz CT molecular complexity index is 882. The van der Waals surface area contributed by atoms with Crippen LogP contribution in [-0.4, -0.2) is 62.6 Å². The molecule has 2 saturated heterocycles. The fraction of sp³-hybridized carbons (Fsp3) is 0.565. The van der Waals surface area contributed by atoms with Gasteiger partial charge in [-0.25, -0.2) is 15.0 Å². The van der Waals surface area contributed by atoms with Gasteiger partial charge in [0.05, 0.1) is 11.5 Å². The van der Waals surface area contributed by atoms with Crippen molar-refractivity contribution in [1.29, 1.82) is 0 Å². The van der Waals surface area contributed by atoms with Crippen molar-refractivity contribution in [2.75, 3.05) is 24.5 Å². The third kappa shape index (κ3) is 3.55. The predicted molar refractivity (Wildman–Crippen MR) is 114 cm³/mol. The van der Waals surface area contributed by atoms with E-state index in [-0.39, 0.29) is 11.5 Å². The number of piperidine rings is 1. The number of likely N-dealkylation sites (tertiary alicyclic amines) is 1. The zero-order valence-electron chi connectivity index (χ0n) is 17.3. The summed E-state index contributed by atoms with van der Waals surface area (Å²) in [5.74, 6) is 1.26. The van der Waals surface area contributed by atoms with E-state index in [4.69, 9.17) is 4.98 Å². The fourth-order valence-electron chi connectivity index (χ4n) is 5.46. The quantitative estimate of drug-likeness (QED) is 0.842. The number of hydrogen-bond donors (Lipinski definition) is 1. The fourth-order valence-corrected chi connectivity index (χ4v) is 5.46. The highest BCUT2D eigenvalue weighted by Gasteiger charge is 2.50. The molecule has 0 aromatic carbocycles. The third-order valence-corrected chi connectivity index (χ3v) is 7.20. The van der Waals surface area contributed by atoms with Crippen molar-refractivity contribution in [2.24, 2.45) is 5.41 Å². The van der Waals surface area contributed by atoms with Crippen molar-refractivity contribution in [1.82, 2.24) is 19.9 Å². The molecule has 1 atom stereocenters. The minimum Gasteiger partial charge on any atom is -0.393 e. The van der Waals surface area contributed by atoms with Gasteiger partial charge in [-0.1, -0.05) is 0 Å². The van der Waals surface area contributed by atoms with Crippen LogP contribution in [0.15, 0.2) is 37.1 Å². The van der Waals surface area contributed by atoms with Gasteiger partial charge in [0, 0.05) is 55.4 Å². The van der Waals surface area contributed by atoms with E-state index in [1.165, 1.54) is 6.33 Å². The molecule has 3 aliphatic rings. The summed E-state index contributed by atoms with van der Waals surface area (Å²) in [7, 11) is 0. The molecule has 3 fully saturated rings. The van der Waals surface area contributed by atoms with E-state index in [9.17, 15) is 9.90 Å². The summed E-state index contributed by atoms with van der Waals surface area (Å²) in [5, 5.41) is 9.81. The molecule has 1 N–H and O–H groups in total. The molecule has 2 aromatic rings. The molecule has 2 aromatic heterocycles. The average molecular weight is 408 g/mol. The lowest BCUT2D eigenvalue weighted by atomic mass is 9.78. The molecule has 1 spiro atoms. The Morgan fingerprint density at radius 3 is 2.50 bits per heavy atom. The highest BCUT2D eigenvalue weighted by molar-refractivity contribution is 5.86. The van der Waals surface area contributed by atoms with E-state index < -0.39 is 0 Å². The molecule has 30 heavy (non-hydrogen) atoms. The molecule has 158 valence electrons. The van der Waals surface area contributed by atoms with E-state index >= 15 is 0 Å². The first-order chi connectivity index (χ1) is 14.6. The zero-order chi connectivity index (χ0) is 20.6. The van der Waals surface area contributed by atoms with Crippen LogP contribution < -0.4 is 4.90 Å². The molecule has 2 aliphatic heterocycles. The van der Waals surface area contributed by atoms with Crippen LogP contribution in [0.2, 0.25) is 0 Å². The lowest BCUT2D eigenvalue weighted by molar-refractivity contribution is -0.139. The summed E-state index contributed by atoms with van der Waals surface area (Å²) in [6.07, 6.45) is 13.2. The van der Waals surface area contributed by atoms with Crippen molar-refractivity contribution < 1.29 is 9.90 Å². The first kappa shape index (κ1) is 19.4. The number of aliphatic hydroxyl groups is 1. The number of pyridine rings is 1. The SMILES string of the molecule is O=C1N(C2CCC(O)CC2)CC[C@]12CCCN(c1ccc(-c3cncnc3)cn1)C2. The highest BCUT2D eigenvalue weighted by Crippen LogP contribution is 2.43. The number of amides is 1. The maximum absolute atomic E-state index is 13.5. The monoisotopic (exact) mass is 407 g/mol. The number of nitrogens with zero attached hydrogens (tertiary/aromatic N) is 5. The van der Waals surface area contributed by atoms with Crippen LogP contribution in [-0.2, 0) is 4.79 Å². The second kappa shape index (κ2) is 7.95. The summed E-state index contributed by atoms with van der Waals surface area (Å²) in [6, 6.07) is 4.40. The van der Waals surface area contributed by atoms with E-state index in [2.05, 4.69) is 25.8 Å². The van der Waals surface area contributed by atoms with Crippen LogP contribution in [0, 0.1) is 5.41 Å². The summed E-state index contributed by atoms with van der Waals surface area (Å²) >= 11 is 0. The Balaban J connectivity index is 1.29. The number of carbonyl (C=O) groups excluding carboxylic acids is 1. The van der Waals surface area contributed by atoms with Gasteiger partial charge < -0.3 is 14.9 Å². The van der Waals surface area contributed by atoms with Crippen molar-refractivity contribution >= 4 is 11.7 Å². The number of anilines is 1. The molecule has 7 nitrogen and oxygen atoms in total. The Hall–Kier alpha value is -2.54. The van der Waals surface area contributed by atoms with Gasteiger partial charge in [0.15, 0.2) is 0 Å².